The maximum Gasteiger partial charge on any atom is 0.319 e. The average molecular weight is 298 g/mol. The van der Waals surface area contributed by atoms with E-state index in [4.69, 9.17) is 0 Å². The molecule has 0 aliphatic rings. The summed E-state index contributed by atoms with van der Waals surface area (Å²) in [6.45, 7) is 8.69. The Morgan fingerprint density at radius 1 is 1.09 bits per heavy atom. The maximum absolute atomic E-state index is 11.9. The van der Waals surface area contributed by atoms with Gasteiger partial charge in [0.2, 0.25) is 0 Å². The number of urea groups is 1. The fraction of sp³-hybridized carbons (Fsp3) is 0.353. The van der Waals surface area contributed by atoms with Crippen molar-refractivity contribution in [2.24, 2.45) is 0 Å². The lowest BCUT2D eigenvalue weighted by atomic mass is 9.87. The van der Waals surface area contributed by atoms with Crippen molar-refractivity contribution in [3.63, 3.8) is 0 Å². The molecule has 0 atom stereocenters. The summed E-state index contributed by atoms with van der Waals surface area (Å²) in [6, 6.07) is 7.62. The van der Waals surface area contributed by atoms with E-state index in [-0.39, 0.29) is 11.4 Å². The summed E-state index contributed by atoms with van der Waals surface area (Å²) in [6.07, 6.45) is 3.34. The molecule has 5 heteroatoms. The largest absolute Gasteiger partial charge is 0.332 e. The number of amides is 2. The lowest BCUT2D eigenvalue weighted by molar-refractivity contribution is 0.251. The van der Waals surface area contributed by atoms with Crippen LogP contribution in [-0.4, -0.2) is 16.0 Å². The van der Waals surface area contributed by atoms with E-state index in [0.717, 1.165) is 17.1 Å². The van der Waals surface area contributed by atoms with Gasteiger partial charge < -0.3 is 10.6 Å². The van der Waals surface area contributed by atoms with Crippen LogP contribution in [0, 0.1) is 6.92 Å². The Bertz CT molecular complexity index is 627. The Hall–Kier alpha value is -2.43. The van der Waals surface area contributed by atoms with E-state index < -0.39 is 0 Å². The number of anilines is 1. The zero-order valence-electron chi connectivity index (χ0n) is 13.5. The molecule has 5 nitrogen and oxygen atoms in total. The fourth-order valence-electron chi connectivity index (χ4n) is 1.91. The van der Waals surface area contributed by atoms with Crippen molar-refractivity contribution in [3.05, 3.63) is 53.6 Å². The van der Waals surface area contributed by atoms with Crippen molar-refractivity contribution in [1.29, 1.82) is 0 Å². The van der Waals surface area contributed by atoms with Crippen molar-refractivity contribution >= 4 is 11.7 Å². The number of aryl methyl sites for hydroxylation is 1. The van der Waals surface area contributed by atoms with Crippen LogP contribution < -0.4 is 10.6 Å². The number of nitrogens with zero attached hydrogens (tertiary/aromatic N) is 2. The monoisotopic (exact) mass is 298 g/mol. The Morgan fingerprint density at radius 2 is 1.77 bits per heavy atom. The van der Waals surface area contributed by atoms with Crippen LogP contribution in [0.25, 0.3) is 0 Å². The summed E-state index contributed by atoms with van der Waals surface area (Å²) >= 11 is 0. The van der Waals surface area contributed by atoms with Gasteiger partial charge in [0.1, 0.15) is 0 Å². The molecule has 2 aromatic rings. The Morgan fingerprint density at radius 3 is 2.32 bits per heavy atom. The van der Waals surface area contributed by atoms with Crippen LogP contribution in [-0.2, 0) is 12.0 Å². The molecule has 22 heavy (non-hydrogen) atoms. The molecule has 1 heterocycles. The second-order valence-corrected chi connectivity index (χ2v) is 6.28. The average Bonchev–Trinajstić information content (AvgIpc) is 2.46. The molecule has 2 rings (SSSR count). The van der Waals surface area contributed by atoms with Crippen LogP contribution in [0.2, 0.25) is 0 Å². The van der Waals surface area contributed by atoms with E-state index in [1.54, 1.807) is 12.4 Å². The van der Waals surface area contributed by atoms with Gasteiger partial charge in [-0.3, -0.25) is 9.97 Å². The number of rotatable bonds is 3. The highest BCUT2D eigenvalue weighted by atomic mass is 16.2. The molecule has 0 aliphatic carbocycles. The molecular weight excluding hydrogens is 276 g/mol. The number of hydrogen-bond acceptors (Lipinski definition) is 3. The molecule has 0 saturated carbocycles. The summed E-state index contributed by atoms with van der Waals surface area (Å²) < 4.78 is 0. The summed E-state index contributed by atoms with van der Waals surface area (Å²) in [7, 11) is 0. The minimum Gasteiger partial charge on any atom is -0.332 e. The minimum absolute atomic E-state index is 0.102. The van der Waals surface area contributed by atoms with Crippen LogP contribution in [0.1, 0.15) is 37.7 Å². The Balaban J connectivity index is 1.88. The lowest BCUT2D eigenvalue weighted by Crippen LogP contribution is -2.28. The zero-order chi connectivity index (χ0) is 16.2. The molecule has 0 saturated heterocycles. The van der Waals surface area contributed by atoms with E-state index in [9.17, 15) is 4.79 Å². The highest BCUT2D eigenvalue weighted by Crippen LogP contribution is 2.23. The van der Waals surface area contributed by atoms with Crippen molar-refractivity contribution < 1.29 is 4.79 Å². The van der Waals surface area contributed by atoms with Crippen molar-refractivity contribution in [2.75, 3.05) is 5.32 Å². The van der Waals surface area contributed by atoms with Crippen LogP contribution in [0.4, 0.5) is 10.5 Å². The van der Waals surface area contributed by atoms with Crippen LogP contribution >= 0.6 is 0 Å². The molecule has 116 valence electrons. The SMILES string of the molecule is Cc1cnc(CNC(=O)Nc2ccc(C(C)(C)C)cc2)cn1. The summed E-state index contributed by atoms with van der Waals surface area (Å²) in [5, 5.41) is 5.56. The van der Waals surface area contributed by atoms with Crippen LogP contribution in [0.15, 0.2) is 36.7 Å². The normalized spacial score (nSPS) is 11.1. The second-order valence-electron chi connectivity index (χ2n) is 6.28. The number of carbonyl (C=O) groups excluding carboxylic acids is 1. The Labute approximate surface area is 131 Å². The molecule has 1 aromatic carbocycles. The number of carbonyl (C=O) groups is 1. The standard InChI is InChI=1S/C17H22N4O/c1-12-9-19-15(10-18-12)11-20-16(22)21-14-7-5-13(6-8-14)17(2,3)4/h5-10H,11H2,1-4H3,(H2,20,21,22). The topological polar surface area (TPSA) is 66.9 Å². The third kappa shape index (κ3) is 4.55. The Kier molecular flexibility index (Phi) is 4.75. The summed E-state index contributed by atoms with van der Waals surface area (Å²) in [5.74, 6) is 0. The highest BCUT2D eigenvalue weighted by Gasteiger charge is 2.13. The maximum atomic E-state index is 11.9. The van der Waals surface area contributed by atoms with E-state index in [0.29, 0.717) is 6.54 Å². The van der Waals surface area contributed by atoms with E-state index >= 15 is 0 Å². The number of aromatic nitrogens is 2. The highest BCUT2D eigenvalue weighted by molar-refractivity contribution is 5.89. The second kappa shape index (κ2) is 6.56. The van der Waals surface area contributed by atoms with Gasteiger partial charge in [-0.15, -0.1) is 0 Å². The van der Waals surface area contributed by atoms with Crippen molar-refractivity contribution in [2.45, 2.75) is 39.7 Å². The molecule has 0 fully saturated rings. The van der Waals surface area contributed by atoms with Gasteiger partial charge >= 0.3 is 6.03 Å². The molecular formula is C17H22N4O. The first-order chi connectivity index (χ1) is 10.3. The van der Waals surface area contributed by atoms with Crippen molar-refractivity contribution in [3.8, 4) is 0 Å². The molecule has 2 N–H and O–H groups in total. The molecule has 0 radical (unpaired) electrons. The molecule has 0 spiro atoms. The van der Waals surface area contributed by atoms with Crippen LogP contribution in [0.3, 0.4) is 0 Å². The van der Waals surface area contributed by atoms with Gasteiger partial charge in [-0.1, -0.05) is 32.9 Å². The van der Waals surface area contributed by atoms with Gasteiger partial charge in [0.15, 0.2) is 0 Å². The fourth-order valence-corrected chi connectivity index (χ4v) is 1.91. The smallest absolute Gasteiger partial charge is 0.319 e. The van der Waals surface area contributed by atoms with Gasteiger partial charge in [-0.05, 0) is 30.0 Å². The van der Waals surface area contributed by atoms with Crippen molar-refractivity contribution in [1.82, 2.24) is 15.3 Å². The lowest BCUT2D eigenvalue weighted by Gasteiger charge is -2.19. The van der Waals surface area contributed by atoms with Gasteiger partial charge in [0, 0.05) is 11.9 Å². The zero-order valence-corrected chi connectivity index (χ0v) is 13.5. The van der Waals surface area contributed by atoms with Gasteiger partial charge in [-0.25, -0.2) is 4.79 Å². The predicted molar refractivity (Wildman–Crippen MR) is 87.8 cm³/mol. The predicted octanol–water partition coefficient (Wildman–Crippen LogP) is 3.40. The first-order valence-electron chi connectivity index (χ1n) is 7.27. The van der Waals surface area contributed by atoms with Gasteiger partial charge in [0.25, 0.3) is 0 Å². The number of nitrogens with one attached hydrogen (secondary N) is 2. The van der Waals surface area contributed by atoms with Crippen LogP contribution in [0.5, 0.6) is 0 Å². The first kappa shape index (κ1) is 15.9. The first-order valence-corrected chi connectivity index (χ1v) is 7.27. The third-order valence-electron chi connectivity index (χ3n) is 3.27. The molecule has 1 aromatic heterocycles. The molecule has 0 unspecified atom stereocenters. The molecule has 0 aliphatic heterocycles. The summed E-state index contributed by atoms with van der Waals surface area (Å²) in [4.78, 5) is 20.2. The minimum atomic E-state index is -0.258. The van der Waals surface area contributed by atoms with E-state index in [1.807, 2.05) is 31.2 Å². The molecule has 0 bridgehead atoms. The number of hydrogen-bond donors (Lipinski definition) is 2. The quantitative estimate of drug-likeness (QED) is 0.912. The number of benzene rings is 1. The van der Waals surface area contributed by atoms with Gasteiger partial charge in [0.05, 0.1) is 24.1 Å². The van der Waals surface area contributed by atoms with E-state index in [1.165, 1.54) is 5.56 Å². The van der Waals surface area contributed by atoms with E-state index in [2.05, 4.69) is 41.4 Å². The molecule has 2 amide bonds. The third-order valence-corrected chi connectivity index (χ3v) is 3.27. The van der Waals surface area contributed by atoms with Gasteiger partial charge in [-0.2, -0.15) is 0 Å². The summed E-state index contributed by atoms with van der Waals surface area (Å²) in [5.41, 5.74) is 3.68.